The van der Waals surface area contributed by atoms with E-state index in [1.54, 1.807) is 31.2 Å². The monoisotopic (exact) mass is 438 g/mol. The minimum absolute atomic E-state index is 0.138. The molecule has 1 atom stereocenters. The van der Waals surface area contributed by atoms with Gasteiger partial charge in [-0.1, -0.05) is 34.1 Å². The fourth-order valence-electron chi connectivity index (χ4n) is 2.86. The molecule has 4 rings (SSSR count). The van der Waals surface area contributed by atoms with Crippen molar-refractivity contribution in [1.29, 1.82) is 0 Å². The number of benzene rings is 2. The zero-order chi connectivity index (χ0) is 19.7. The summed E-state index contributed by atoms with van der Waals surface area (Å²) in [5.41, 5.74) is 4.28. The Morgan fingerprint density at radius 3 is 2.82 bits per heavy atom. The maximum absolute atomic E-state index is 12.6. The smallest absolute Gasteiger partial charge is 0.307 e. The Bertz CT molecular complexity index is 1120. The Balaban J connectivity index is 1.45. The van der Waals surface area contributed by atoms with E-state index in [2.05, 4.69) is 31.6 Å². The maximum atomic E-state index is 12.6. The number of hydrazone groups is 2. The van der Waals surface area contributed by atoms with Gasteiger partial charge < -0.3 is 4.42 Å². The van der Waals surface area contributed by atoms with Gasteiger partial charge in [-0.25, -0.2) is 5.43 Å². The van der Waals surface area contributed by atoms with Crippen molar-refractivity contribution in [2.24, 2.45) is 16.1 Å². The lowest BCUT2D eigenvalue weighted by atomic mass is 10.1. The summed E-state index contributed by atoms with van der Waals surface area (Å²) in [5, 5.41) is 10.4. The summed E-state index contributed by atoms with van der Waals surface area (Å²) in [5.74, 6) is -1.22. The van der Waals surface area contributed by atoms with Gasteiger partial charge in [-0.3, -0.25) is 9.59 Å². The van der Waals surface area contributed by atoms with E-state index in [9.17, 15) is 9.59 Å². The molecule has 140 valence electrons. The lowest BCUT2D eigenvalue weighted by Crippen LogP contribution is -2.29. The SMILES string of the molecule is CC1=NN(c2ccccc2)C(=O)[C@@H]1/C=N\NC(=O)c1cc2cc(Br)ccc2o1. The standard InChI is InChI=1S/C20H15BrN4O3/c1-12-16(20(27)25(24-12)15-5-3-2-4-6-15)11-22-23-19(26)18-10-13-9-14(21)7-8-17(13)28-18/h2-11,16H,1H3,(H,23,26)/b22-11-/t16-/m1/s1. The Morgan fingerprint density at radius 2 is 2.04 bits per heavy atom. The largest absolute Gasteiger partial charge is 0.451 e. The quantitative estimate of drug-likeness (QED) is 0.493. The third kappa shape index (κ3) is 3.46. The van der Waals surface area contributed by atoms with Gasteiger partial charge in [0, 0.05) is 16.1 Å². The number of halogens is 1. The van der Waals surface area contributed by atoms with Crippen LogP contribution in [0, 0.1) is 5.92 Å². The van der Waals surface area contributed by atoms with Gasteiger partial charge in [-0.2, -0.15) is 15.2 Å². The fraction of sp³-hybridized carbons (Fsp3) is 0.100. The van der Waals surface area contributed by atoms with Gasteiger partial charge in [0.05, 0.1) is 11.4 Å². The van der Waals surface area contributed by atoms with Crippen molar-refractivity contribution in [1.82, 2.24) is 5.43 Å². The molecule has 0 radical (unpaired) electrons. The molecular formula is C20H15BrN4O3. The Hall–Kier alpha value is -3.26. The number of nitrogens with one attached hydrogen (secondary N) is 1. The highest BCUT2D eigenvalue weighted by Gasteiger charge is 2.33. The minimum atomic E-state index is -0.632. The molecule has 8 heteroatoms. The van der Waals surface area contributed by atoms with Crippen molar-refractivity contribution in [3.05, 3.63) is 64.8 Å². The van der Waals surface area contributed by atoms with Crippen LogP contribution in [-0.4, -0.2) is 23.7 Å². The molecule has 28 heavy (non-hydrogen) atoms. The molecule has 1 aromatic heterocycles. The summed E-state index contributed by atoms with van der Waals surface area (Å²) in [6.07, 6.45) is 1.38. The average molecular weight is 439 g/mol. The van der Waals surface area contributed by atoms with E-state index in [-0.39, 0.29) is 11.7 Å². The van der Waals surface area contributed by atoms with Crippen molar-refractivity contribution in [2.75, 3.05) is 5.01 Å². The summed E-state index contributed by atoms with van der Waals surface area (Å²) in [6.45, 7) is 1.75. The van der Waals surface area contributed by atoms with Crippen molar-refractivity contribution in [3.63, 3.8) is 0 Å². The molecule has 0 aliphatic carbocycles. The number of hydrogen-bond donors (Lipinski definition) is 1. The van der Waals surface area contributed by atoms with E-state index in [1.807, 2.05) is 30.3 Å². The lowest BCUT2D eigenvalue weighted by Gasteiger charge is -2.12. The second kappa shape index (κ2) is 7.40. The predicted molar refractivity (Wildman–Crippen MR) is 110 cm³/mol. The molecule has 0 spiro atoms. The van der Waals surface area contributed by atoms with E-state index in [1.165, 1.54) is 11.2 Å². The van der Waals surface area contributed by atoms with Crippen molar-refractivity contribution in [2.45, 2.75) is 6.92 Å². The Morgan fingerprint density at radius 1 is 1.25 bits per heavy atom. The second-order valence-corrected chi connectivity index (χ2v) is 7.13. The van der Waals surface area contributed by atoms with Crippen LogP contribution in [0.5, 0.6) is 0 Å². The van der Waals surface area contributed by atoms with Gasteiger partial charge in [0.15, 0.2) is 5.76 Å². The van der Waals surface area contributed by atoms with Crippen LogP contribution < -0.4 is 10.4 Å². The molecule has 2 amide bonds. The first kappa shape index (κ1) is 18.1. The first-order valence-corrected chi connectivity index (χ1v) is 9.29. The Labute approximate surface area is 168 Å². The van der Waals surface area contributed by atoms with Crippen LogP contribution >= 0.6 is 15.9 Å². The van der Waals surface area contributed by atoms with Crippen molar-refractivity contribution < 1.29 is 14.0 Å². The molecule has 0 saturated heterocycles. The number of rotatable bonds is 4. The molecule has 0 unspecified atom stereocenters. The zero-order valence-corrected chi connectivity index (χ0v) is 16.4. The number of nitrogens with zero attached hydrogens (tertiary/aromatic N) is 3. The molecule has 0 saturated carbocycles. The van der Waals surface area contributed by atoms with E-state index >= 15 is 0 Å². The molecule has 1 N–H and O–H groups in total. The second-order valence-electron chi connectivity index (χ2n) is 6.22. The van der Waals surface area contributed by atoms with Gasteiger partial charge in [0.1, 0.15) is 11.5 Å². The van der Waals surface area contributed by atoms with Crippen molar-refractivity contribution in [3.8, 4) is 0 Å². The summed E-state index contributed by atoms with van der Waals surface area (Å²) in [6, 6.07) is 16.2. The molecule has 7 nitrogen and oxygen atoms in total. The van der Waals surface area contributed by atoms with Crippen LogP contribution in [0.25, 0.3) is 11.0 Å². The maximum Gasteiger partial charge on any atom is 0.307 e. The minimum Gasteiger partial charge on any atom is -0.451 e. The van der Waals surface area contributed by atoms with Crippen LogP contribution in [-0.2, 0) is 4.79 Å². The number of hydrogen-bond acceptors (Lipinski definition) is 5. The number of carbonyl (C=O) groups is 2. The van der Waals surface area contributed by atoms with E-state index in [0.717, 1.165) is 9.86 Å². The molecule has 1 aliphatic heterocycles. The molecule has 2 heterocycles. The van der Waals surface area contributed by atoms with Gasteiger partial charge >= 0.3 is 5.91 Å². The predicted octanol–water partition coefficient (Wildman–Crippen LogP) is 3.95. The first-order chi connectivity index (χ1) is 13.5. The van der Waals surface area contributed by atoms with Crippen LogP contribution in [0.15, 0.2) is 73.7 Å². The summed E-state index contributed by atoms with van der Waals surface area (Å²) < 4.78 is 6.41. The fourth-order valence-corrected chi connectivity index (χ4v) is 3.24. The highest BCUT2D eigenvalue weighted by Crippen LogP contribution is 2.24. The summed E-state index contributed by atoms with van der Waals surface area (Å²) in [7, 11) is 0. The van der Waals surface area contributed by atoms with Crippen LogP contribution in [0.1, 0.15) is 17.5 Å². The van der Waals surface area contributed by atoms with Gasteiger partial charge in [0.25, 0.3) is 5.91 Å². The lowest BCUT2D eigenvalue weighted by molar-refractivity contribution is -0.118. The first-order valence-electron chi connectivity index (χ1n) is 8.49. The molecule has 2 aromatic carbocycles. The average Bonchev–Trinajstić information content (AvgIpc) is 3.24. The molecular weight excluding hydrogens is 424 g/mol. The molecule has 0 bridgehead atoms. The van der Waals surface area contributed by atoms with Gasteiger partial charge in [0.2, 0.25) is 0 Å². The Kier molecular flexibility index (Phi) is 4.79. The zero-order valence-electron chi connectivity index (χ0n) is 14.8. The molecule has 3 aromatic rings. The van der Waals surface area contributed by atoms with E-state index in [4.69, 9.17) is 4.42 Å². The number of carbonyl (C=O) groups excluding carboxylic acids is 2. The third-order valence-corrected chi connectivity index (χ3v) is 4.77. The topological polar surface area (TPSA) is 87.3 Å². The highest BCUT2D eigenvalue weighted by molar-refractivity contribution is 9.10. The van der Waals surface area contributed by atoms with E-state index in [0.29, 0.717) is 17.0 Å². The summed E-state index contributed by atoms with van der Waals surface area (Å²) in [4.78, 5) is 24.9. The number of furan rings is 1. The van der Waals surface area contributed by atoms with Gasteiger partial charge in [-0.05, 0) is 43.3 Å². The number of anilines is 1. The summed E-state index contributed by atoms with van der Waals surface area (Å²) >= 11 is 3.38. The van der Waals surface area contributed by atoms with Crippen LogP contribution in [0.2, 0.25) is 0 Å². The number of fused-ring (bicyclic) bond motifs is 1. The normalized spacial score (nSPS) is 16.8. The van der Waals surface area contributed by atoms with Crippen LogP contribution in [0.4, 0.5) is 5.69 Å². The third-order valence-electron chi connectivity index (χ3n) is 4.28. The van der Waals surface area contributed by atoms with Gasteiger partial charge in [-0.15, -0.1) is 0 Å². The highest BCUT2D eigenvalue weighted by atomic mass is 79.9. The molecule has 1 aliphatic rings. The van der Waals surface area contributed by atoms with Crippen LogP contribution in [0.3, 0.4) is 0 Å². The van der Waals surface area contributed by atoms with Crippen molar-refractivity contribution >= 4 is 56.3 Å². The van der Waals surface area contributed by atoms with E-state index < -0.39 is 11.8 Å². The number of para-hydroxylation sites is 1. The number of amides is 2. The molecule has 0 fully saturated rings.